The number of aromatic hydroxyl groups is 1. The molecule has 1 aromatic heterocycles. The van der Waals surface area contributed by atoms with Gasteiger partial charge in [-0.15, -0.1) is 0 Å². The molecule has 0 aliphatic heterocycles. The molecule has 0 aliphatic rings. The van der Waals surface area contributed by atoms with Gasteiger partial charge in [-0.25, -0.2) is 4.57 Å². The Morgan fingerprint density at radius 1 is 0.974 bits per heavy atom. The number of carbonyl (C=O) groups excluding carboxylic acids is 1. The van der Waals surface area contributed by atoms with Gasteiger partial charge in [0.25, 0.3) is 0 Å². The lowest BCUT2D eigenvalue weighted by atomic mass is 10.1. The molecular weight excluding hydrogens is 509 g/mol. The molecule has 0 saturated heterocycles. The number of esters is 1. The zero-order valence-corrected chi connectivity index (χ0v) is 22.0. The Labute approximate surface area is 219 Å². The van der Waals surface area contributed by atoms with Crippen molar-refractivity contribution in [1.29, 1.82) is 0 Å². The van der Waals surface area contributed by atoms with E-state index < -0.39 is 30.9 Å². The number of fused-ring (bicyclic) bond motifs is 1. The average Bonchev–Trinajstić information content (AvgIpc) is 2.88. The summed E-state index contributed by atoms with van der Waals surface area (Å²) in [5.41, 5.74) is 0.217. The third-order valence-corrected chi connectivity index (χ3v) is 7.07. The number of phenolic OH excluding ortho intramolecular Hbond substituents is 1. The predicted molar refractivity (Wildman–Crippen MR) is 143 cm³/mol. The van der Waals surface area contributed by atoms with Crippen LogP contribution in [0.1, 0.15) is 20.3 Å². The van der Waals surface area contributed by atoms with Crippen LogP contribution >= 0.6 is 7.75 Å². The second-order valence-corrected chi connectivity index (χ2v) is 10.6. The quantitative estimate of drug-likeness (QED) is 0.188. The van der Waals surface area contributed by atoms with Gasteiger partial charge in [-0.3, -0.25) is 9.59 Å². The number of carbonyl (C=O) groups is 1. The lowest BCUT2D eigenvalue weighted by Crippen LogP contribution is -2.38. The summed E-state index contributed by atoms with van der Waals surface area (Å²) in [5.74, 6) is -0.623. The summed E-state index contributed by atoms with van der Waals surface area (Å²) >= 11 is 0. The maximum absolute atomic E-state index is 14.0. The number of rotatable bonds is 10. The number of benzene rings is 3. The minimum absolute atomic E-state index is 0.0179. The molecule has 9 nitrogen and oxygen atoms in total. The Balaban J connectivity index is 1.76. The number of methoxy groups -OCH3 is 1. The number of phenols is 1. The van der Waals surface area contributed by atoms with Crippen molar-refractivity contribution in [2.75, 3.05) is 7.11 Å². The average molecular weight is 538 g/mol. The van der Waals surface area contributed by atoms with Gasteiger partial charge in [-0.05, 0) is 24.5 Å². The zero-order valence-electron chi connectivity index (χ0n) is 21.1. The van der Waals surface area contributed by atoms with Crippen LogP contribution in [0.5, 0.6) is 17.2 Å². The molecule has 2 atom stereocenters. The number of ether oxygens (including phenoxy) is 1. The smallest absolute Gasteiger partial charge is 0.507 e. The minimum Gasteiger partial charge on any atom is -0.507 e. The monoisotopic (exact) mass is 537 g/mol. The first-order valence-corrected chi connectivity index (χ1v) is 13.5. The van der Waals surface area contributed by atoms with Crippen molar-refractivity contribution in [3.8, 4) is 28.6 Å². The standard InChI is InChI=1S/C28H28NO8P/c1-18(2)14-22(28(32)34-3)29-38(33,36-20-12-8-5-9-13-20)37-21-15-23(30)27-24(31)17-25(35-26(27)16-21)19-10-6-4-7-11-19/h4-13,15-18,22,30H,14H2,1-3H3,(H,29,33)/t22-,38?/m0/s1. The highest BCUT2D eigenvalue weighted by atomic mass is 31.2. The summed E-state index contributed by atoms with van der Waals surface area (Å²) in [6, 6.07) is 20.0. The highest BCUT2D eigenvalue weighted by Crippen LogP contribution is 2.47. The zero-order chi connectivity index (χ0) is 27.3. The van der Waals surface area contributed by atoms with Gasteiger partial charge in [0, 0.05) is 23.8 Å². The highest BCUT2D eigenvalue weighted by molar-refractivity contribution is 7.52. The number of hydrogen-bond acceptors (Lipinski definition) is 8. The third kappa shape index (κ3) is 6.43. The van der Waals surface area contributed by atoms with Crippen LogP contribution in [0.15, 0.2) is 88.1 Å². The summed E-state index contributed by atoms with van der Waals surface area (Å²) in [6.07, 6.45) is 0.288. The number of nitrogens with one attached hydrogen (secondary N) is 1. The first kappa shape index (κ1) is 27.0. The Kier molecular flexibility index (Phi) is 8.20. The summed E-state index contributed by atoms with van der Waals surface area (Å²) in [5, 5.41) is 13.3. The molecule has 198 valence electrons. The van der Waals surface area contributed by atoms with Crippen molar-refractivity contribution < 1.29 is 32.7 Å². The lowest BCUT2D eigenvalue weighted by molar-refractivity contribution is -0.143. The molecule has 0 amide bonds. The molecule has 3 aromatic carbocycles. The van der Waals surface area contributed by atoms with Gasteiger partial charge in [-0.2, -0.15) is 5.09 Å². The second-order valence-electron chi connectivity index (χ2n) is 8.98. The van der Waals surface area contributed by atoms with E-state index in [-0.39, 0.29) is 40.6 Å². The number of hydrogen-bond donors (Lipinski definition) is 2. The predicted octanol–water partition coefficient (Wildman–Crippen LogP) is 5.91. The topological polar surface area (TPSA) is 124 Å². The molecule has 0 radical (unpaired) electrons. The van der Waals surface area contributed by atoms with Crippen LogP contribution in [0.3, 0.4) is 0 Å². The van der Waals surface area contributed by atoms with Crippen molar-refractivity contribution in [3.05, 3.63) is 89.1 Å². The summed E-state index contributed by atoms with van der Waals surface area (Å²) in [6.45, 7) is 3.80. The van der Waals surface area contributed by atoms with Gasteiger partial charge in [0.15, 0.2) is 5.43 Å². The molecule has 4 rings (SSSR count). The van der Waals surface area contributed by atoms with E-state index in [1.165, 1.54) is 19.2 Å². The fourth-order valence-corrected chi connectivity index (χ4v) is 5.39. The molecule has 0 saturated carbocycles. The van der Waals surface area contributed by atoms with Crippen LogP contribution in [0, 0.1) is 5.92 Å². The molecule has 0 spiro atoms. The Morgan fingerprint density at radius 3 is 2.24 bits per heavy atom. The van der Waals surface area contributed by atoms with E-state index in [0.717, 1.165) is 6.07 Å². The Hall–Kier alpha value is -4.07. The summed E-state index contributed by atoms with van der Waals surface area (Å²) in [4.78, 5) is 25.2. The molecular formula is C28H28NO8P. The SMILES string of the molecule is COC(=O)[C@H](CC(C)C)NP(=O)(Oc1ccccc1)Oc1cc(O)c2c(=O)cc(-c3ccccc3)oc2c1. The van der Waals surface area contributed by atoms with E-state index in [4.69, 9.17) is 18.2 Å². The molecule has 1 heterocycles. The Morgan fingerprint density at radius 2 is 1.61 bits per heavy atom. The van der Waals surface area contributed by atoms with Gasteiger partial charge in [0.1, 0.15) is 40.0 Å². The van der Waals surface area contributed by atoms with E-state index in [0.29, 0.717) is 5.56 Å². The van der Waals surface area contributed by atoms with Crippen molar-refractivity contribution in [2.24, 2.45) is 5.92 Å². The van der Waals surface area contributed by atoms with Crippen LogP contribution in [0.4, 0.5) is 0 Å². The van der Waals surface area contributed by atoms with Gasteiger partial charge in [0.2, 0.25) is 0 Å². The van der Waals surface area contributed by atoms with Crippen LogP contribution in [0.2, 0.25) is 0 Å². The maximum atomic E-state index is 14.0. The number of para-hydroxylation sites is 1. The van der Waals surface area contributed by atoms with E-state index in [1.54, 1.807) is 54.6 Å². The van der Waals surface area contributed by atoms with Crippen LogP contribution < -0.4 is 19.6 Å². The highest BCUT2D eigenvalue weighted by Gasteiger charge is 2.36. The van der Waals surface area contributed by atoms with Gasteiger partial charge in [-0.1, -0.05) is 62.4 Å². The molecule has 0 aliphatic carbocycles. The molecule has 0 bridgehead atoms. The van der Waals surface area contributed by atoms with Gasteiger partial charge in [0.05, 0.1) is 7.11 Å². The fourth-order valence-electron chi connectivity index (χ4n) is 3.88. The van der Waals surface area contributed by atoms with Crippen LogP contribution in [0.25, 0.3) is 22.3 Å². The van der Waals surface area contributed by atoms with Crippen LogP contribution in [-0.2, 0) is 14.1 Å². The van der Waals surface area contributed by atoms with Gasteiger partial charge < -0.3 is 23.3 Å². The maximum Gasteiger partial charge on any atom is 0.513 e. The molecule has 38 heavy (non-hydrogen) atoms. The molecule has 1 unspecified atom stereocenters. The first-order valence-electron chi connectivity index (χ1n) is 11.9. The molecule has 4 aromatic rings. The van der Waals surface area contributed by atoms with E-state index in [2.05, 4.69) is 5.09 Å². The van der Waals surface area contributed by atoms with Gasteiger partial charge >= 0.3 is 13.7 Å². The van der Waals surface area contributed by atoms with Crippen molar-refractivity contribution in [3.63, 3.8) is 0 Å². The van der Waals surface area contributed by atoms with E-state index >= 15 is 0 Å². The summed E-state index contributed by atoms with van der Waals surface area (Å²) < 4.78 is 36.3. The summed E-state index contributed by atoms with van der Waals surface area (Å²) in [7, 11) is -3.07. The lowest BCUT2D eigenvalue weighted by Gasteiger charge is -2.25. The molecule has 10 heteroatoms. The molecule has 2 N–H and O–H groups in total. The van der Waals surface area contributed by atoms with Crippen molar-refractivity contribution in [2.45, 2.75) is 26.3 Å². The first-order chi connectivity index (χ1) is 18.2. The second kappa shape index (κ2) is 11.5. The fraction of sp³-hybridized carbons (Fsp3) is 0.214. The molecule has 0 fully saturated rings. The normalized spacial score (nSPS) is 13.6. The van der Waals surface area contributed by atoms with E-state index in [1.807, 2.05) is 19.9 Å². The minimum atomic E-state index is -4.30. The third-order valence-electron chi connectivity index (χ3n) is 5.54. The Bertz CT molecular complexity index is 1520. The van der Waals surface area contributed by atoms with Crippen molar-refractivity contribution >= 4 is 24.7 Å². The van der Waals surface area contributed by atoms with Crippen molar-refractivity contribution in [1.82, 2.24) is 5.09 Å². The largest absolute Gasteiger partial charge is 0.513 e. The van der Waals surface area contributed by atoms with Crippen LogP contribution in [-0.4, -0.2) is 24.2 Å². The van der Waals surface area contributed by atoms with E-state index in [9.17, 15) is 19.3 Å².